The number of aromatic hydroxyl groups is 1. The highest BCUT2D eigenvalue weighted by Crippen LogP contribution is 2.27. The molecule has 5 nitrogen and oxygen atoms in total. The van der Waals surface area contributed by atoms with Crippen molar-refractivity contribution >= 4 is 41.0 Å². The van der Waals surface area contributed by atoms with Gasteiger partial charge in [-0.15, -0.1) is 0 Å². The summed E-state index contributed by atoms with van der Waals surface area (Å²) in [5.41, 5.74) is 0.914. The lowest BCUT2D eigenvalue weighted by molar-refractivity contribution is 0.193. The Morgan fingerprint density at radius 1 is 1.27 bits per heavy atom. The van der Waals surface area contributed by atoms with Crippen molar-refractivity contribution in [2.45, 2.75) is 11.0 Å². The van der Waals surface area contributed by atoms with Crippen LogP contribution < -0.4 is 4.90 Å². The molecule has 1 aromatic carbocycles. The summed E-state index contributed by atoms with van der Waals surface area (Å²) < 4.78 is 3.74. The zero-order valence-corrected chi connectivity index (χ0v) is 14.8. The minimum atomic E-state index is 0.349. The molecule has 8 heteroatoms. The Balaban J connectivity index is 1.61. The number of phenols is 1. The van der Waals surface area contributed by atoms with Gasteiger partial charge in [0, 0.05) is 26.2 Å². The maximum atomic E-state index is 9.95. The highest BCUT2D eigenvalue weighted by atomic mass is 32.2. The lowest BCUT2D eigenvalue weighted by atomic mass is 10.2. The van der Waals surface area contributed by atoms with Crippen molar-refractivity contribution in [1.29, 1.82) is 0 Å². The van der Waals surface area contributed by atoms with E-state index in [1.54, 1.807) is 29.2 Å². The van der Waals surface area contributed by atoms with Gasteiger partial charge in [-0.3, -0.25) is 4.90 Å². The van der Waals surface area contributed by atoms with Gasteiger partial charge in [-0.05, 0) is 30.6 Å². The van der Waals surface area contributed by atoms with Crippen LogP contribution in [0.15, 0.2) is 28.6 Å². The van der Waals surface area contributed by atoms with Crippen molar-refractivity contribution in [3.05, 3.63) is 28.2 Å². The lowest BCUT2D eigenvalue weighted by Gasteiger charge is -2.36. The molecule has 1 aliphatic rings. The average molecular weight is 355 g/mol. The molecule has 1 fully saturated rings. The second-order valence-corrected chi connectivity index (χ2v) is 7.75. The van der Waals surface area contributed by atoms with Crippen LogP contribution in [0.5, 0.6) is 5.75 Å². The van der Waals surface area contributed by atoms with Crippen LogP contribution in [0.3, 0.4) is 0 Å². The van der Waals surface area contributed by atoms with E-state index in [0.717, 1.165) is 46.8 Å². The molecule has 2 heterocycles. The van der Waals surface area contributed by atoms with Gasteiger partial charge < -0.3 is 10.0 Å². The number of aromatic nitrogens is 2. The summed E-state index contributed by atoms with van der Waals surface area (Å²) in [7, 11) is 0. The topological polar surface area (TPSA) is 44.5 Å². The molecule has 22 heavy (non-hydrogen) atoms. The molecular weight excluding hydrogens is 336 g/mol. The summed E-state index contributed by atoms with van der Waals surface area (Å²) in [4.78, 5) is 4.57. The van der Waals surface area contributed by atoms with E-state index in [2.05, 4.69) is 14.9 Å². The largest absolute Gasteiger partial charge is 0.506 e. The van der Waals surface area contributed by atoms with E-state index in [0.29, 0.717) is 5.75 Å². The highest BCUT2D eigenvalue weighted by molar-refractivity contribution is 8.00. The summed E-state index contributed by atoms with van der Waals surface area (Å²) in [6, 6.07) is 7.51. The maximum Gasteiger partial charge on any atom is 0.181 e. The van der Waals surface area contributed by atoms with Crippen molar-refractivity contribution in [2.75, 3.05) is 37.3 Å². The zero-order chi connectivity index (χ0) is 15.5. The van der Waals surface area contributed by atoms with Crippen LogP contribution in [-0.2, 0) is 6.67 Å². The zero-order valence-electron chi connectivity index (χ0n) is 12.3. The number of rotatable bonds is 4. The molecule has 0 aliphatic carbocycles. The molecule has 0 radical (unpaired) electrons. The second-order valence-electron chi connectivity index (χ2n) is 5.07. The Kier molecular flexibility index (Phi) is 5.02. The van der Waals surface area contributed by atoms with Gasteiger partial charge in [0.25, 0.3) is 0 Å². The summed E-state index contributed by atoms with van der Waals surface area (Å²) in [6.45, 7) is 4.39. The van der Waals surface area contributed by atoms with Gasteiger partial charge in [0.05, 0.1) is 12.4 Å². The van der Waals surface area contributed by atoms with Gasteiger partial charge in [-0.25, -0.2) is 4.68 Å². The van der Waals surface area contributed by atoms with Crippen LogP contribution in [0.4, 0.5) is 5.69 Å². The summed E-state index contributed by atoms with van der Waals surface area (Å²) in [5, 5.41) is 14.5. The van der Waals surface area contributed by atoms with Crippen molar-refractivity contribution in [3.8, 4) is 5.75 Å². The first-order valence-electron chi connectivity index (χ1n) is 7.04. The first kappa shape index (κ1) is 15.8. The van der Waals surface area contributed by atoms with Crippen LogP contribution in [0.25, 0.3) is 0 Å². The number of para-hydroxylation sites is 2. The van der Waals surface area contributed by atoms with Crippen molar-refractivity contribution in [3.63, 3.8) is 0 Å². The molecule has 118 valence electrons. The summed E-state index contributed by atoms with van der Waals surface area (Å²) >= 11 is 8.55. The number of anilines is 1. The second kappa shape index (κ2) is 6.99. The first-order valence-corrected chi connectivity index (χ1v) is 9.49. The number of hydrogen-bond donors (Lipinski definition) is 1. The molecule has 0 atom stereocenters. The van der Waals surface area contributed by atoms with E-state index in [-0.39, 0.29) is 0 Å². The Hall–Kier alpha value is -1.09. The maximum absolute atomic E-state index is 9.95. The van der Waals surface area contributed by atoms with E-state index >= 15 is 0 Å². The number of benzene rings is 1. The molecule has 0 bridgehead atoms. The Bertz CT molecular complexity index is 691. The quantitative estimate of drug-likeness (QED) is 0.673. The lowest BCUT2D eigenvalue weighted by Crippen LogP contribution is -2.47. The normalized spacial score (nSPS) is 16.1. The molecule has 0 amide bonds. The number of phenolic OH excluding ortho intramolecular Hbond substituents is 1. The highest BCUT2D eigenvalue weighted by Gasteiger charge is 2.19. The minimum absolute atomic E-state index is 0.349. The van der Waals surface area contributed by atoms with Crippen LogP contribution >= 0.6 is 35.3 Å². The van der Waals surface area contributed by atoms with Gasteiger partial charge in [0.2, 0.25) is 0 Å². The van der Waals surface area contributed by atoms with E-state index in [1.165, 1.54) is 0 Å². The van der Waals surface area contributed by atoms with Crippen LogP contribution in [-0.4, -0.2) is 52.2 Å². The van der Waals surface area contributed by atoms with Gasteiger partial charge in [-0.1, -0.05) is 35.2 Å². The van der Waals surface area contributed by atoms with Gasteiger partial charge in [0.1, 0.15) is 5.75 Å². The predicted octanol–water partition coefficient (Wildman–Crippen LogP) is 2.88. The van der Waals surface area contributed by atoms with E-state index in [9.17, 15) is 5.11 Å². The molecule has 0 spiro atoms. The van der Waals surface area contributed by atoms with E-state index in [1.807, 2.05) is 29.1 Å². The SMILES string of the molecule is CSc1nn(CN2CCN(c3ccccc3O)CC2)c(=S)s1. The fraction of sp³-hybridized carbons (Fsp3) is 0.429. The fourth-order valence-electron chi connectivity index (χ4n) is 2.51. The smallest absolute Gasteiger partial charge is 0.181 e. The summed E-state index contributed by atoms with van der Waals surface area (Å²) in [6.07, 6.45) is 2.02. The minimum Gasteiger partial charge on any atom is -0.506 e. The molecule has 0 unspecified atom stereocenters. The van der Waals surface area contributed by atoms with Crippen molar-refractivity contribution in [2.24, 2.45) is 0 Å². The molecule has 1 saturated heterocycles. The van der Waals surface area contributed by atoms with Gasteiger partial charge in [0.15, 0.2) is 8.29 Å². The molecule has 1 aliphatic heterocycles. The molecule has 1 aromatic heterocycles. The molecule has 3 rings (SSSR count). The number of thioether (sulfide) groups is 1. The number of hydrogen-bond acceptors (Lipinski definition) is 7. The summed E-state index contributed by atoms with van der Waals surface area (Å²) in [5.74, 6) is 0.349. The Labute approximate surface area is 143 Å². The van der Waals surface area contributed by atoms with Crippen LogP contribution in [0.2, 0.25) is 0 Å². The Morgan fingerprint density at radius 3 is 2.64 bits per heavy atom. The number of nitrogens with zero attached hydrogens (tertiary/aromatic N) is 4. The van der Waals surface area contributed by atoms with Crippen LogP contribution in [0, 0.1) is 3.95 Å². The number of piperazine rings is 1. The standard InChI is InChI=1S/C14H18N4OS3/c1-21-13-15-18(14(20)22-13)10-16-6-8-17(9-7-16)11-4-2-3-5-12(11)19/h2-5,19H,6-10H2,1H3. The molecule has 1 N–H and O–H groups in total. The predicted molar refractivity (Wildman–Crippen MR) is 94.6 cm³/mol. The monoisotopic (exact) mass is 354 g/mol. The average Bonchev–Trinajstić information content (AvgIpc) is 2.89. The molecule has 0 saturated carbocycles. The third-order valence-corrected chi connectivity index (χ3v) is 5.97. The van der Waals surface area contributed by atoms with E-state index in [4.69, 9.17) is 12.2 Å². The molecule has 2 aromatic rings. The third kappa shape index (κ3) is 3.45. The molecular formula is C14H18N4OS3. The van der Waals surface area contributed by atoms with Gasteiger partial charge >= 0.3 is 0 Å². The fourth-order valence-corrected chi connectivity index (χ4v) is 4.25. The van der Waals surface area contributed by atoms with Crippen molar-refractivity contribution in [1.82, 2.24) is 14.7 Å². The van der Waals surface area contributed by atoms with E-state index < -0.39 is 0 Å². The Morgan fingerprint density at radius 2 is 2.00 bits per heavy atom. The van der Waals surface area contributed by atoms with Crippen molar-refractivity contribution < 1.29 is 5.11 Å². The van der Waals surface area contributed by atoms with Crippen LogP contribution in [0.1, 0.15) is 0 Å². The van der Waals surface area contributed by atoms with Gasteiger partial charge in [-0.2, -0.15) is 5.10 Å². The first-order chi connectivity index (χ1) is 10.7. The third-order valence-electron chi connectivity index (χ3n) is 3.69.